The van der Waals surface area contributed by atoms with Gasteiger partial charge in [-0.1, -0.05) is 48.5 Å². The van der Waals surface area contributed by atoms with E-state index in [1.165, 1.54) is 30.7 Å². The fourth-order valence-corrected chi connectivity index (χ4v) is 5.58. The number of esters is 1. The lowest BCUT2D eigenvalue weighted by atomic mass is 9.63. The molecule has 4 rings (SSSR count). The molecular weight excluding hydrogens is 474 g/mol. The van der Waals surface area contributed by atoms with Crippen LogP contribution in [-0.4, -0.2) is 52.1 Å². The van der Waals surface area contributed by atoms with E-state index in [-0.39, 0.29) is 22.9 Å². The number of aliphatic carboxylic acids is 1. The van der Waals surface area contributed by atoms with Crippen LogP contribution < -0.4 is 5.32 Å². The van der Waals surface area contributed by atoms with Crippen molar-refractivity contribution < 1.29 is 24.4 Å². The van der Waals surface area contributed by atoms with E-state index in [0.717, 1.165) is 19.5 Å². The lowest BCUT2D eigenvalue weighted by Crippen LogP contribution is -2.55. The molecule has 1 saturated heterocycles. The van der Waals surface area contributed by atoms with Crippen LogP contribution in [-0.2, 0) is 20.9 Å². The van der Waals surface area contributed by atoms with Gasteiger partial charge in [-0.2, -0.15) is 0 Å². The molecule has 0 amide bonds. The number of para-hydroxylation sites is 1. The highest BCUT2D eigenvalue weighted by molar-refractivity contribution is 5.94. The first-order valence-corrected chi connectivity index (χ1v) is 12.5. The zero-order valence-corrected chi connectivity index (χ0v) is 21.3. The number of carboxylic acid groups (broad SMARTS) is 1. The lowest BCUT2D eigenvalue weighted by molar-refractivity contribution is -0.385. The summed E-state index contributed by atoms with van der Waals surface area (Å²) in [6, 6.07) is 15.5. The number of carbonyl (C=O) groups is 2. The number of nitro groups is 1. The number of carbonyl (C=O) groups excluding carboxylic acids is 1. The van der Waals surface area contributed by atoms with Crippen molar-refractivity contribution in [1.82, 2.24) is 10.2 Å². The molecule has 0 aromatic heterocycles. The number of nitrogens with zero attached hydrogens (tertiary/aromatic N) is 2. The second kappa shape index (κ2) is 10.7. The van der Waals surface area contributed by atoms with Gasteiger partial charge in [0.15, 0.2) is 0 Å². The molecule has 196 valence electrons. The third kappa shape index (κ3) is 5.22. The predicted molar refractivity (Wildman–Crippen MR) is 138 cm³/mol. The molecule has 37 heavy (non-hydrogen) atoms. The van der Waals surface area contributed by atoms with E-state index >= 15 is 0 Å². The molecule has 2 heterocycles. The van der Waals surface area contributed by atoms with Gasteiger partial charge in [0.1, 0.15) is 6.10 Å². The van der Waals surface area contributed by atoms with E-state index in [9.17, 15) is 24.8 Å². The summed E-state index contributed by atoms with van der Waals surface area (Å²) in [4.78, 5) is 40.0. The van der Waals surface area contributed by atoms with E-state index in [1.807, 2.05) is 18.2 Å². The highest BCUT2D eigenvalue weighted by Crippen LogP contribution is 2.50. The predicted octanol–water partition coefficient (Wildman–Crippen LogP) is 4.24. The monoisotopic (exact) mass is 507 g/mol. The molecule has 0 aliphatic carbocycles. The Bertz CT molecular complexity index is 1210. The van der Waals surface area contributed by atoms with Crippen LogP contribution in [0.3, 0.4) is 0 Å². The van der Waals surface area contributed by atoms with Crippen molar-refractivity contribution in [3.63, 3.8) is 0 Å². The molecule has 2 aromatic carbocycles. The largest absolute Gasteiger partial charge is 0.481 e. The van der Waals surface area contributed by atoms with Gasteiger partial charge in [0.05, 0.1) is 15.9 Å². The summed E-state index contributed by atoms with van der Waals surface area (Å²) >= 11 is 0. The van der Waals surface area contributed by atoms with E-state index in [4.69, 9.17) is 4.74 Å². The number of hydrogen-bond acceptors (Lipinski definition) is 7. The minimum atomic E-state index is -1.54. The Morgan fingerprint density at radius 2 is 1.86 bits per heavy atom. The molecule has 2 aliphatic heterocycles. The van der Waals surface area contributed by atoms with E-state index < -0.39 is 34.2 Å². The molecule has 2 aliphatic rings. The molecule has 4 unspecified atom stereocenters. The van der Waals surface area contributed by atoms with Gasteiger partial charge < -0.3 is 15.2 Å². The number of hydrogen-bond donors (Lipinski definition) is 2. The Morgan fingerprint density at radius 3 is 2.54 bits per heavy atom. The molecule has 1 fully saturated rings. The standard InChI is InChI=1S/C28H33N3O6/c1-18-24(26(32)37-21-12-9-15-30(17-21)16-20-10-5-4-6-11-20)25(28(3,27(33)34)19(2)29-18)22-13-7-8-14-23(22)31(35)36/h4-8,10-11,13-14,19,21,25,29H,9,12,15-17H2,1-3H3,(H,33,34). The summed E-state index contributed by atoms with van der Waals surface area (Å²) in [6.07, 6.45) is 1.19. The Morgan fingerprint density at radius 1 is 1.19 bits per heavy atom. The number of carboxylic acids is 1. The number of rotatable bonds is 7. The van der Waals surface area contributed by atoms with Gasteiger partial charge in [0, 0.05) is 42.4 Å². The quantitative estimate of drug-likeness (QED) is 0.324. The summed E-state index contributed by atoms with van der Waals surface area (Å²) in [6.45, 7) is 7.12. The van der Waals surface area contributed by atoms with Gasteiger partial charge in [-0.05, 0) is 45.7 Å². The molecule has 9 heteroatoms. The van der Waals surface area contributed by atoms with Crippen molar-refractivity contribution in [2.75, 3.05) is 13.1 Å². The van der Waals surface area contributed by atoms with Gasteiger partial charge in [-0.15, -0.1) is 0 Å². The van der Waals surface area contributed by atoms with Crippen LogP contribution in [0, 0.1) is 15.5 Å². The molecule has 4 atom stereocenters. The smallest absolute Gasteiger partial charge is 0.336 e. The Labute approximate surface area is 216 Å². The number of likely N-dealkylation sites (tertiary alicyclic amines) is 1. The molecule has 0 saturated carbocycles. The summed E-state index contributed by atoms with van der Waals surface area (Å²) < 4.78 is 5.99. The van der Waals surface area contributed by atoms with Crippen molar-refractivity contribution in [2.24, 2.45) is 5.41 Å². The molecule has 2 N–H and O–H groups in total. The van der Waals surface area contributed by atoms with Gasteiger partial charge in [-0.25, -0.2) is 4.79 Å². The SMILES string of the molecule is CC1=C(C(=O)OC2CCCN(Cc3ccccc3)C2)C(c2ccccc2[N+](=O)[O-])C(C)(C(=O)O)C(C)N1. The second-order valence-electron chi connectivity index (χ2n) is 10.1. The van der Waals surface area contributed by atoms with Crippen molar-refractivity contribution >= 4 is 17.6 Å². The maximum atomic E-state index is 13.7. The van der Waals surface area contributed by atoms with Gasteiger partial charge >= 0.3 is 11.9 Å². The van der Waals surface area contributed by atoms with Gasteiger partial charge in [0.25, 0.3) is 5.69 Å². The maximum Gasteiger partial charge on any atom is 0.336 e. The van der Waals surface area contributed by atoms with Crippen molar-refractivity contribution in [3.05, 3.63) is 87.1 Å². The van der Waals surface area contributed by atoms with Crippen LogP contribution in [0.5, 0.6) is 0 Å². The normalized spacial score (nSPS) is 26.3. The fraction of sp³-hybridized carbons (Fsp3) is 0.429. The minimum absolute atomic E-state index is 0.123. The van der Waals surface area contributed by atoms with Crippen molar-refractivity contribution in [3.8, 4) is 0 Å². The van der Waals surface area contributed by atoms with Crippen LogP contribution in [0.2, 0.25) is 0 Å². The van der Waals surface area contributed by atoms with Crippen molar-refractivity contribution in [1.29, 1.82) is 0 Å². The molecule has 2 aromatic rings. The first-order valence-electron chi connectivity index (χ1n) is 12.5. The van der Waals surface area contributed by atoms with E-state index in [1.54, 1.807) is 19.9 Å². The molecule has 0 radical (unpaired) electrons. The second-order valence-corrected chi connectivity index (χ2v) is 10.1. The number of allylic oxidation sites excluding steroid dienone is 1. The molecule has 0 spiro atoms. The van der Waals surface area contributed by atoms with Gasteiger partial charge in [-0.3, -0.25) is 19.8 Å². The van der Waals surface area contributed by atoms with Crippen LogP contribution in [0.4, 0.5) is 5.69 Å². The fourth-order valence-electron chi connectivity index (χ4n) is 5.58. The Balaban J connectivity index is 1.65. The van der Waals surface area contributed by atoms with Crippen LogP contribution in [0.15, 0.2) is 65.9 Å². The third-order valence-electron chi connectivity index (χ3n) is 7.74. The number of nitrogens with one attached hydrogen (secondary N) is 1. The lowest BCUT2D eigenvalue weighted by Gasteiger charge is -2.45. The summed E-state index contributed by atoms with van der Waals surface area (Å²) in [5.74, 6) is -2.86. The minimum Gasteiger partial charge on any atom is -0.481 e. The van der Waals surface area contributed by atoms with E-state index in [2.05, 4.69) is 22.3 Å². The van der Waals surface area contributed by atoms with Gasteiger partial charge in [0.2, 0.25) is 0 Å². The average Bonchev–Trinajstić information content (AvgIpc) is 2.86. The maximum absolute atomic E-state index is 13.7. The van der Waals surface area contributed by atoms with Crippen LogP contribution >= 0.6 is 0 Å². The zero-order chi connectivity index (χ0) is 26.7. The number of piperidine rings is 1. The number of nitro benzene ring substituents is 1. The third-order valence-corrected chi connectivity index (χ3v) is 7.74. The summed E-state index contributed by atoms with van der Waals surface area (Å²) in [7, 11) is 0. The molecule has 9 nitrogen and oxygen atoms in total. The summed E-state index contributed by atoms with van der Waals surface area (Å²) in [5, 5.41) is 25.3. The van der Waals surface area contributed by atoms with Crippen LogP contribution in [0.25, 0.3) is 0 Å². The number of ether oxygens (including phenoxy) is 1. The van der Waals surface area contributed by atoms with Crippen molar-refractivity contribution in [2.45, 2.75) is 58.2 Å². The Kier molecular flexibility index (Phi) is 7.63. The first-order chi connectivity index (χ1) is 17.6. The highest BCUT2D eigenvalue weighted by Gasteiger charge is 2.55. The Hall–Kier alpha value is -3.72. The first kappa shape index (κ1) is 26.3. The summed E-state index contributed by atoms with van der Waals surface area (Å²) in [5.41, 5.74) is 0.192. The molecule has 0 bridgehead atoms. The molecular formula is C28H33N3O6. The van der Waals surface area contributed by atoms with E-state index in [0.29, 0.717) is 18.7 Å². The number of benzene rings is 2. The highest BCUT2D eigenvalue weighted by atomic mass is 16.6. The zero-order valence-electron chi connectivity index (χ0n) is 21.3. The topological polar surface area (TPSA) is 122 Å². The van der Waals surface area contributed by atoms with Crippen LogP contribution in [0.1, 0.15) is 50.7 Å². The average molecular weight is 508 g/mol.